The lowest BCUT2D eigenvalue weighted by Crippen LogP contribution is -2.48. The van der Waals surface area contributed by atoms with Crippen molar-refractivity contribution in [1.82, 2.24) is 4.90 Å². The fourth-order valence-corrected chi connectivity index (χ4v) is 1.12. The van der Waals surface area contributed by atoms with Crippen molar-refractivity contribution < 1.29 is 31.1 Å². The summed E-state index contributed by atoms with van der Waals surface area (Å²) in [6, 6.07) is 0. The molecule has 102 valence electrons. The highest BCUT2D eigenvalue weighted by Crippen LogP contribution is 2.40. The van der Waals surface area contributed by atoms with Crippen molar-refractivity contribution in [1.29, 1.82) is 0 Å². The quantitative estimate of drug-likeness (QED) is 0.784. The van der Waals surface area contributed by atoms with Crippen molar-refractivity contribution in [2.24, 2.45) is 11.7 Å². The van der Waals surface area contributed by atoms with E-state index in [9.17, 15) is 31.1 Å². The van der Waals surface area contributed by atoms with Crippen molar-refractivity contribution in [3.05, 3.63) is 0 Å². The minimum atomic E-state index is -5.65. The Morgan fingerprint density at radius 1 is 1.18 bits per heavy atom. The molecule has 0 spiro atoms. The molecule has 0 heterocycles. The second kappa shape index (κ2) is 5.56. The van der Waals surface area contributed by atoms with Crippen LogP contribution in [0.25, 0.3) is 0 Å². The van der Waals surface area contributed by atoms with Crippen LogP contribution in [0, 0.1) is 5.92 Å². The van der Waals surface area contributed by atoms with Gasteiger partial charge in [-0.05, 0) is 13.0 Å². The van der Waals surface area contributed by atoms with Gasteiger partial charge >= 0.3 is 12.4 Å². The molecule has 0 radical (unpaired) electrons. The molecule has 0 saturated heterocycles. The second-order valence-corrected chi connectivity index (χ2v) is 3.42. The van der Waals surface area contributed by atoms with Crippen molar-refractivity contribution >= 4 is 5.91 Å². The summed E-state index contributed by atoms with van der Waals surface area (Å²) >= 11 is 0. The molecule has 0 fully saturated rings. The fourth-order valence-electron chi connectivity index (χ4n) is 1.12. The van der Waals surface area contributed by atoms with Crippen LogP contribution in [0.2, 0.25) is 0 Å². The Bertz CT molecular complexity index is 248. The highest BCUT2D eigenvalue weighted by atomic mass is 19.4. The Hall–Kier alpha value is -0.990. The summed E-state index contributed by atoms with van der Waals surface area (Å²) in [7, 11) is 0.877. The van der Waals surface area contributed by atoms with E-state index in [1.165, 1.54) is 0 Å². The largest absolute Gasteiger partial charge is 0.409 e. The van der Waals surface area contributed by atoms with Crippen molar-refractivity contribution in [2.75, 3.05) is 20.1 Å². The molecule has 0 aromatic heterocycles. The zero-order valence-corrected chi connectivity index (χ0v) is 8.90. The molecule has 0 atom stereocenters. The summed E-state index contributed by atoms with van der Waals surface area (Å²) in [4.78, 5) is 11.5. The average Bonchev–Trinajstić information content (AvgIpc) is 2.09. The van der Waals surface area contributed by atoms with Gasteiger partial charge in [0.1, 0.15) is 0 Å². The molecule has 17 heavy (non-hydrogen) atoms. The van der Waals surface area contributed by atoms with Crippen LogP contribution in [0.15, 0.2) is 0 Å². The van der Waals surface area contributed by atoms with Crippen molar-refractivity contribution in [3.8, 4) is 0 Å². The summed E-state index contributed by atoms with van der Waals surface area (Å²) in [6.45, 7) is -0.182. The van der Waals surface area contributed by atoms with Crippen LogP contribution in [0.3, 0.4) is 0 Å². The van der Waals surface area contributed by atoms with E-state index in [0.717, 1.165) is 7.05 Å². The van der Waals surface area contributed by atoms with E-state index in [4.69, 9.17) is 5.73 Å². The van der Waals surface area contributed by atoms with E-state index in [-0.39, 0.29) is 19.5 Å². The van der Waals surface area contributed by atoms with Gasteiger partial charge in [0.15, 0.2) is 0 Å². The molecule has 3 nitrogen and oxygen atoms in total. The minimum Gasteiger partial charge on any atom is -0.345 e. The number of nitrogens with two attached hydrogens (primary N) is 1. The van der Waals surface area contributed by atoms with Gasteiger partial charge in [0.05, 0.1) is 0 Å². The highest BCUT2D eigenvalue weighted by Gasteiger charge is 2.61. The van der Waals surface area contributed by atoms with Crippen LogP contribution in [-0.4, -0.2) is 43.3 Å². The third kappa shape index (κ3) is 4.80. The maximum atomic E-state index is 12.2. The average molecular weight is 266 g/mol. The first-order valence-electron chi connectivity index (χ1n) is 4.60. The lowest BCUT2D eigenvalue weighted by Gasteiger charge is -2.26. The van der Waals surface area contributed by atoms with Crippen LogP contribution < -0.4 is 5.73 Å². The molecular formula is C8H12F6N2O. The molecular weight excluding hydrogens is 254 g/mol. The number of rotatable bonds is 4. The van der Waals surface area contributed by atoms with E-state index in [0.29, 0.717) is 4.90 Å². The minimum absolute atomic E-state index is 0.0698. The standard InChI is InChI=1S/C8H12F6N2O/c1-16(4-2-3-15)6(17)5(7(9,10)11)8(12,13)14/h5H,2-4,15H2,1H3. The van der Waals surface area contributed by atoms with Crippen molar-refractivity contribution in [2.45, 2.75) is 18.8 Å². The summed E-state index contributed by atoms with van der Waals surface area (Å²) in [5, 5.41) is 0. The van der Waals surface area contributed by atoms with Gasteiger partial charge in [0.2, 0.25) is 11.8 Å². The van der Waals surface area contributed by atoms with Gasteiger partial charge in [-0.3, -0.25) is 4.79 Å². The van der Waals surface area contributed by atoms with E-state index >= 15 is 0 Å². The lowest BCUT2D eigenvalue weighted by molar-refractivity contribution is -0.277. The number of hydrogen-bond donors (Lipinski definition) is 1. The molecule has 0 saturated carbocycles. The molecule has 9 heteroatoms. The third-order valence-electron chi connectivity index (χ3n) is 1.98. The van der Waals surface area contributed by atoms with Crippen LogP contribution in [-0.2, 0) is 4.79 Å². The Labute approximate surface area is 93.5 Å². The van der Waals surface area contributed by atoms with E-state index in [1.807, 2.05) is 0 Å². The van der Waals surface area contributed by atoms with Gasteiger partial charge < -0.3 is 10.6 Å². The lowest BCUT2D eigenvalue weighted by atomic mass is 10.1. The number of hydrogen-bond acceptors (Lipinski definition) is 2. The Kier molecular flexibility index (Phi) is 5.24. The van der Waals surface area contributed by atoms with E-state index < -0.39 is 24.2 Å². The molecule has 0 aromatic rings. The first kappa shape index (κ1) is 16.0. The Balaban J connectivity index is 4.90. The van der Waals surface area contributed by atoms with E-state index in [1.54, 1.807) is 0 Å². The molecule has 0 rings (SSSR count). The molecule has 0 aliphatic carbocycles. The fraction of sp³-hybridized carbons (Fsp3) is 0.875. The summed E-state index contributed by atoms with van der Waals surface area (Å²) < 4.78 is 72.9. The Morgan fingerprint density at radius 2 is 1.59 bits per heavy atom. The molecule has 2 N–H and O–H groups in total. The zero-order valence-electron chi connectivity index (χ0n) is 8.90. The molecule has 0 aliphatic heterocycles. The van der Waals surface area contributed by atoms with Crippen LogP contribution in [0.5, 0.6) is 0 Å². The molecule has 0 bridgehead atoms. The molecule has 0 aromatic carbocycles. The Morgan fingerprint density at radius 3 is 1.88 bits per heavy atom. The topological polar surface area (TPSA) is 46.3 Å². The smallest absolute Gasteiger partial charge is 0.345 e. The van der Waals surface area contributed by atoms with Crippen LogP contribution >= 0.6 is 0 Å². The summed E-state index contributed by atoms with van der Waals surface area (Å²) in [6.07, 6.45) is -11.2. The highest BCUT2D eigenvalue weighted by molar-refractivity contribution is 5.80. The maximum Gasteiger partial charge on any atom is 0.409 e. The number of carbonyl (C=O) groups is 1. The number of alkyl halides is 6. The van der Waals surface area contributed by atoms with E-state index in [2.05, 4.69) is 0 Å². The van der Waals surface area contributed by atoms with Gasteiger partial charge in [0.25, 0.3) is 0 Å². The van der Waals surface area contributed by atoms with Gasteiger partial charge in [-0.25, -0.2) is 0 Å². The zero-order chi connectivity index (χ0) is 13.9. The predicted octanol–water partition coefficient (Wildman–Crippen LogP) is 1.53. The molecule has 0 aliphatic rings. The van der Waals surface area contributed by atoms with Gasteiger partial charge in [-0.1, -0.05) is 0 Å². The SMILES string of the molecule is CN(CCCN)C(=O)C(C(F)(F)F)C(F)(F)F. The van der Waals surface area contributed by atoms with Crippen LogP contribution in [0.1, 0.15) is 6.42 Å². The number of carbonyl (C=O) groups excluding carboxylic acids is 1. The van der Waals surface area contributed by atoms with Gasteiger partial charge in [-0.2, -0.15) is 26.3 Å². The number of halogens is 6. The second-order valence-electron chi connectivity index (χ2n) is 3.42. The maximum absolute atomic E-state index is 12.2. The van der Waals surface area contributed by atoms with Gasteiger partial charge in [0, 0.05) is 13.6 Å². The van der Waals surface area contributed by atoms with Crippen LogP contribution in [0.4, 0.5) is 26.3 Å². The molecule has 1 amide bonds. The first-order chi connectivity index (χ1) is 7.51. The third-order valence-corrected chi connectivity index (χ3v) is 1.98. The number of amides is 1. The first-order valence-corrected chi connectivity index (χ1v) is 4.60. The predicted molar refractivity (Wildman–Crippen MR) is 46.9 cm³/mol. The van der Waals surface area contributed by atoms with Crippen molar-refractivity contribution in [3.63, 3.8) is 0 Å². The monoisotopic (exact) mass is 266 g/mol. The van der Waals surface area contributed by atoms with Gasteiger partial charge in [-0.15, -0.1) is 0 Å². The summed E-state index contributed by atoms with van der Waals surface area (Å²) in [5.41, 5.74) is 5.04. The normalized spacial score (nSPS) is 13.0. The summed E-state index contributed by atoms with van der Waals surface area (Å²) in [5.74, 6) is -5.99. The number of nitrogens with zero attached hydrogens (tertiary/aromatic N) is 1. The molecule has 0 unspecified atom stereocenters.